The van der Waals surface area contributed by atoms with Crippen LogP contribution in [-0.4, -0.2) is 24.7 Å². The van der Waals surface area contributed by atoms with Crippen molar-refractivity contribution in [2.45, 2.75) is 70.4 Å². The molecule has 17 heavy (non-hydrogen) atoms. The Morgan fingerprint density at radius 2 is 2.12 bits per heavy atom. The van der Waals surface area contributed by atoms with Gasteiger partial charge in [-0.05, 0) is 44.6 Å². The highest BCUT2D eigenvalue weighted by Crippen LogP contribution is 2.28. The van der Waals surface area contributed by atoms with Gasteiger partial charge in [0.1, 0.15) is 12.1 Å². The average molecular weight is 239 g/mol. The van der Waals surface area contributed by atoms with Gasteiger partial charge in [0.15, 0.2) is 0 Å². The first-order chi connectivity index (χ1) is 8.29. The fraction of sp³-hybridized carbons (Fsp3) is 0.929. The van der Waals surface area contributed by atoms with Gasteiger partial charge in [0.05, 0.1) is 0 Å². The minimum atomic E-state index is -0.0363. The molecule has 98 valence electrons. The zero-order valence-electron chi connectivity index (χ0n) is 10.9. The van der Waals surface area contributed by atoms with E-state index in [4.69, 9.17) is 4.74 Å². The summed E-state index contributed by atoms with van der Waals surface area (Å²) < 4.78 is 5.66. The Balaban J connectivity index is 1.77. The van der Waals surface area contributed by atoms with Gasteiger partial charge in [0, 0.05) is 0 Å². The van der Waals surface area contributed by atoms with E-state index in [0.29, 0.717) is 0 Å². The average Bonchev–Trinajstić information content (AvgIpc) is 2.40. The molecule has 2 rings (SSSR count). The van der Waals surface area contributed by atoms with Crippen molar-refractivity contribution in [3.63, 3.8) is 0 Å². The lowest BCUT2D eigenvalue weighted by molar-refractivity contribution is -0.154. The number of carbonyl (C=O) groups is 1. The van der Waals surface area contributed by atoms with E-state index in [1.165, 1.54) is 25.7 Å². The van der Waals surface area contributed by atoms with Gasteiger partial charge < -0.3 is 10.1 Å². The van der Waals surface area contributed by atoms with Crippen molar-refractivity contribution in [3.05, 3.63) is 0 Å². The van der Waals surface area contributed by atoms with E-state index in [1.54, 1.807) is 0 Å². The van der Waals surface area contributed by atoms with Crippen LogP contribution in [0.25, 0.3) is 0 Å². The summed E-state index contributed by atoms with van der Waals surface area (Å²) in [5.74, 6) is 0.757. The van der Waals surface area contributed by atoms with E-state index in [1.807, 2.05) is 0 Å². The van der Waals surface area contributed by atoms with Gasteiger partial charge in [-0.15, -0.1) is 0 Å². The van der Waals surface area contributed by atoms with E-state index in [-0.39, 0.29) is 18.1 Å². The second-order valence-corrected chi connectivity index (χ2v) is 5.50. The number of carbonyl (C=O) groups excluding carboxylic acids is 1. The standard InChI is InChI=1S/C14H25NO2/c1-2-11-6-5-7-12(10-11)17-14(16)13-8-3-4-9-15-13/h11-13,15H,2-10H2,1H3/t11?,12?,13-/m0/s1. The summed E-state index contributed by atoms with van der Waals surface area (Å²) in [7, 11) is 0. The maximum atomic E-state index is 12.0. The highest BCUT2D eigenvalue weighted by molar-refractivity contribution is 5.76. The number of nitrogens with one attached hydrogen (secondary N) is 1. The minimum Gasteiger partial charge on any atom is -0.461 e. The molecule has 1 aliphatic carbocycles. The first-order valence-electron chi connectivity index (χ1n) is 7.23. The van der Waals surface area contributed by atoms with Crippen molar-refractivity contribution >= 4 is 5.97 Å². The van der Waals surface area contributed by atoms with E-state index in [0.717, 1.165) is 38.1 Å². The van der Waals surface area contributed by atoms with Crippen molar-refractivity contribution in [2.24, 2.45) is 5.92 Å². The predicted molar refractivity (Wildman–Crippen MR) is 67.8 cm³/mol. The SMILES string of the molecule is CCC1CCCC(OC(=O)[C@@H]2CCCCN2)C1. The van der Waals surface area contributed by atoms with E-state index >= 15 is 0 Å². The molecule has 2 fully saturated rings. The van der Waals surface area contributed by atoms with Gasteiger partial charge in [-0.25, -0.2) is 0 Å². The molecular weight excluding hydrogens is 214 g/mol. The second-order valence-electron chi connectivity index (χ2n) is 5.50. The molecule has 2 aliphatic rings. The molecule has 3 heteroatoms. The first-order valence-corrected chi connectivity index (χ1v) is 7.23. The molecule has 1 heterocycles. The molecule has 0 radical (unpaired) electrons. The van der Waals surface area contributed by atoms with Crippen molar-refractivity contribution in [3.8, 4) is 0 Å². The van der Waals surface area contributed by atoms with Crippen LogP contribution >= 0.6 is 0 Å². The van der Waals surface area contributed by atoms with Crippen LogP contribution in [0.3, 0.4) is 0 Å². The van der Waals surface area contributed by atoms with E-state index in [9.17, 15) is 4.79 Å². The van der Waals surface area contributed by atoms with Crippen LogP contribution in [0.5, 0.6) is 0 Å². The lowest BCUT2D eigenvalue weighted by Crippen LogP contribution is -2.43. The van der Waals surface area contributed by atoms with Crippen molar-refractivity contribution in [2.75, 3.05) is 6.54 Å². The quantitative estimate of drug-likeness (QED) is 0.769. The van der Waals surface area contributed by atoms with Crippen LogP contribution in [0.2, 0.25) is 0 Å². The van der Waals surface area contributed by atoms with Crippen LogP contribution in [0, 0.1) is 5.92 Å². The number of esters is 1. The predicted octanol–water partition coefficient (Wildman–Crippen LogP) is 2.64. The molecular formula is C14H25NO2. The monoisotopic (exact) mass is 239 g/mol. The van der Waals surface area contributed by atoms with Crippen molar-refractivity contribution < 1.29 is 9.53 Å². The third-order valence-electron chi connectivity index (χ3n) is 4.19. The fourth-order valence-electron chi connectivity index (χ4n) is 3.02. The summed E-state index contributed by atoms with van der Waals surface area (Å²) in [6.45, 7) is 3.19. The summed E-state index contributed by atoms with van der Waals surface area (Å²) in [6.07, 6.45) is 9.36. The van der Waals surface area contributed by atoms with Crippen LogP contribution in [-0.2, 0) is 9.53 Å². The second kappa shape index (κ2) is 6.39. The Morgan fingerprint density at radius 1 is 1.24 bits per heavy atom. The first kappa shape index (κ1) is 12.9. The normalized spacial score (nSPS) is 34.3. The zero-order valence-corrected chi connectivity index (χ0v) is 10.9. The van der Waals surface area contributed by atoms with Gasteiger partial charge in [0.2, 0.25) is 0 Å². The molecule has 1 aliphatic heterocycles. The number of hydrogen-bond acceptors (Lipinski definition) is 3. The van der Waals surface area contributed by atoms with Crippen LogP contribution in [0.15, 0.2) is 0 Å². The Morgan fingerprint density at radius 3 is 2.82 bits per heavy atom. The fourth-order valence-corrected chi connectivity index (χ4v) is 3.02. The highest BCUT2D eigenvalue weighted by atomic mass is 16.5. The Bertz CT molecular complexity index is 249. The largest absolute Gasteiger partial charge is 0.461 e. The maximum absolute atomic E-state index is 12.0. The summed E-state index contributed by atoms with van der Waals surface area (Å²) in [5.41, 5.74) is 0. The molecule has 3 nitrogen and oxygen atoms in total. The van der Waals surface area contributed by atoms with Crippen LogP contribution in [0.1, 0.15) is 58.3 Å². The summed E-state index contributed by atoms with van der Waals surface area (Å²) in [4.78, 5) is 12.0. The Labute approximate surface area is 104 Å². The topological polar surface area (TPSA) is 38.3 Å². The van der Waals surface area contributed by atoms with Crippen molar-refractivity contribution in [1.82, 2.24) is 5.32 Å². The smallest absolute Gasteiger partial charge is 0.323 e. The molecule has 0 aromatic rings. The number of piperidine rings is 1. The number of rotatable bonds is 3. The Hall–Kier alpha value is -0.570. The molecule has 3 atom stereocenters. The summed E-state index contributed by atoms with van der Waals surface area (Å²) >= 11 is 0. The third kappa shape index (κ3) is 3.70. The van der Waals surface area contributed by atoms with Gasteiger partial charge in [-0.2, -0.15) is 0 Å². The lowest BCUT2D eigenvalue weighted by Gasteiger charge is -2.30. The molecule has 0 aromatic heterocycles. The van der Waals surface area contributed by atoms with Gasteiger partial charge in [0.25, 0.3) is 0 Å². The molecule has 0 spiro atoms. The highest BCUT2D eigenvalue weighted by Gasteiger charge is 2.28. The molecule has 2 unspecified atom stereocenters. The summed E-state index contributed by atoms with van der Waals surface area (Å²) in [6, 6.07) is -0.0363. The summed E-state index contributed by atoms with van der Waals surface area (Å²) in [5, 5.41) is 3.26. The number of hydrogen-bond donors (Lipinski definition) is 1. The number of ether oxygens (including phenoxy) is 1. The molecule has 1 saturated heterocycles. The third-order valence-corrected chi connectivity index (χ3v) is 4.19. The van der Waals surface area contributed by atoms with E-state index in [2.05, 4.69) is 12.2 Å². The maximum Gasteiger partial charge on any atom is 0.323 e. The molecule has 0 aromatic carbocycles. The molecule has 0 bridgehead atoms. The van der Waals surface area contributed by atoms with Gasteiger partial charge in [-0.1, -0.05) is 26.2 Å². The zero-order chi connectivity index (χ0) is 12.1. The van der Waals surface area contributed by atoms with E-state index < -0.39 is 0 Å². The van der Waals surface area contributed by atoms with Crippen molar-refractivity contribution in [1.29, 1.82) is 0 Å². The van der Waals surface area contributed by atoms with Gasteiger partial charge >= 0.3 is 5.97 Å². The molecule has 1 N–H and O–H groups in total. The van der Waals surface area contributed by atoms with Crippen LogP contribution in [0.4, 0.5) is 0 Å². The minimum absolute atomic E-state index is 0.00791. The van der Waals surface area contributed by atoms with Gasteiger partial charge in [-0.3, -0.25) is 4.79 Å². The van der Waals surface area contributed by atoms with Crippen LogP contribution < -0.4 is 5.32 Å². The lowest BCUT2D eigenvalue weighted by atomic mass is 9.85. The Kier molecular flexibility index (Phi) is 4.84. The molecule has 1 saturated carbocycles. The molecule has 0 amide bonds.